The molecule has 1 aromatic heterocycles. The number of carbonyl (C=O) groups is 2. The largest absolute Gasteiger partial charge is 0.456 e. The van der Waals surface area contributed by atoms with Crippen LogP contribution in [0.1, 0.15) is 47.1 Å². The fourth-order valence-electron chi connectivity index (χ4n) is 3.49. The van der Waals surface area contributed by atoms with Crippen molar-refractivity contribution in [3.63, 3.8) is 0 Å². The monoisotopic (exact) mass is 424 g/mol. The fourth-order valence-corrected chi connectivity index (χ4v) is 3.49. The predicted molar refractivity (Wildman–Crippen MR) is 125 cm³/mol. The van der Waals surface area contributed by atoms with E-state index in [1.807, 2.05) is 66.7 Å². The van der Waals surface area contributed by atoms with Gasteiger partial charge in [-0.15, -0.1) is 0 Å². The first kappa shape index (κ1) is 21.3. The molecular weight excluding hydrogens is 400 g/mol. The zero-order chi connectivity index (χ0) is 22.7. The number of ketones is 1. The first-order chi connectivity index (χ1) is 15.3. The van der Waals surface area contributed by atoms with Gasteiger partial charge in [0, 0.05) is 16.7 Å². The van der Waals surface area contributed by atoms with E-state index in [0.717, 1.165) is 0 Å². The van der Waals surface area contributed by atoms with Crippen LogP contribution in [0.4, 0.5) is 0 Å². The van der Waals surface area contributed by atoms with Crippen LogP contribution in [-0.4, -0.2) is 17.4 Å². The Morgan fingerprint density at radius 3 is 1.56 bits per heavy atom. The van der Waals surface area contributed by atoms with E-state index < -0.39 is 11.6 Å². The summed E-state index contributed by atoms with van der Waals surface area (Å²) in [6.45, 7) is 5.39. The lowest BCUT2D eigenvalue weighted by atomic mass is 9.94. The van der Waals surface area contributed by atoms with Crippen molar-refractivity contribution in [1.29, 1.82) is 0 Å². The molecule has 32 heavy (non-hydrogen) atoms. The fraction of sp³-hybridized carbons (Fsp3) is 0.143. The Labute approximate surface area is 187 Å². The van der Waals surface area contributed by atoms with Crippen molar-refractivity contribution in [2.24, 2.45) is 0 Å². The summed E-state index contributed by atoms with van der Waals surface area (Å²) in [7, 11) is 0. The molecule has 160 valence electrons. The normalized spacial score (nSPS) is 11.2. The van der Waals surface area contributed by atoms with Gasteiger partial charge in [0.2, 0.25) is 0 Å². The van der Waals surface area contributed by atoms with E-state index >= 15 is 0 Å². The van der Waals surface area contributed by atoms with Crippen molar-refractivity contribution < 1.29 is 18.7 Å². The molecule has 0 saturated carbocycles. The number of ether oxygens (including phenoxy) is 1. The summed E-state index contributed by atoms with van der Waals surface area (Å²) < 4.78 is 12.0. The van der Waals surface area contributed by atoms with Crippen LogP contribution in [0, 0.1) is 0 Å². The molecule has 1 heterocycles. The topological polar surface area (TPSA) is 56.5 Å². The predicted octanol–water partition coefficient (Wildman–Crippen LogP) is 6.80. The van der Waals surface area contributed by atoms with Gasteiger partial charge in [-0.2, -0.15) is 0 Å². The van der Waals surface area contributed by atoms with E-state index in [4.69, 9.17) is 9.15 Å². The molecule has 0 aliphatic heterocycles. The van der Waals surface area contributed by atoms with Crippen molar-refractivity contribution in [3.8, 4) is 22.6 Å². The molecule has 0 aliphatic rings. The second-order valence-corrected chi connectivity index (χ2v) is 8.44. The van der Waals surface area contributed by atoms with Gasteiger partial charge in [0.25, 0.3) is 0 Å². The lowest BCUT2D eigenvalue weighted by Crippen LogP contribution is -2.25. The maximum Gasteiger partial charge on any atom is 0.343 e. The molecule has 0 spiro atoms. The molecule has 0 aliphatic carbocycles. The number of rotatable bonds is 5. The van der Waals surface area contributed by atoms with Gasteiger partial charge in [-0.05, 0) is 20.8 Å². The molecule has 0 unspecified atom stereocenters. The van der Waals surface area contributed by atoms with Gasteiger partial charge in [0.15, 0.2) is 5.78 Å². The van der Waals surface area contributed by atoms with Crippen LogP contribution in [0.25, 0.3) is 22.6 Å². The van der Waals surface area contributed by atoms with Gasteiger partial charge in [0.05, 0.1) is 5.56 Å². The molecule has 0 amide bonds. The Hall–Kier alpha value is -3.92. The Bertz CT molecular complexity index is 1230. The molecule has 0 N–H and O–H groups in total. The number of furan rings is 1. The average molecular weight is 424 g/mol. The molecular formula is C28H24O4. The number of carbonyl (C=O) groups excluding carboxylic acids is 2. The third-order valence-corrected chi connectivity index (χ3v) is 4.85. The van der Waals surface area contributed by atoms with Crippen molar-refractivity contribution in [3.05, 3.63) is 108 Å². The maximum absolute atomic E-state index is 13.7. The van der Waals surface area contributed by atoms with Crippen LogP contribution >= 0.6 is 0 Å². The highest BCUT2D eigenvalue weighted by molar-refractivity contribution is 6.19. The van der Waals surface area contributed by atoms with E-state index in [9.17, 15) is 9.59 Å². The third kappa shape index (κ3) is 4.40. The van der Waals surface area contributed by atoms with Gasteiger partial charge < -0.3 is 9.15 Å². The van der Waals surface area contributed by atoms with Gasteiger partial charge in [-0.1, -0.05) is 91.0 Å². The zero-order valence-electron chi connectivity index (χ0n) is 18.3. The minimum absolute atomic E-state index is 0.138. The second-order valence-electron chi connectivity index (χ2n) is 8.44. The van der Waals surface area contributed by atoms with Gasteiger partial charge >= 0.3 is 5.97 Å². The van der Waals surface area contributed by atoms with Crippen LogP contribution in [0.15, 0.2) is 95.4 Å². The third-order valence-electron chi connectivity index (χ3n) is 4.85. The van der Waals surface area contributed by atoms with Crippen molar-refractivity contribution >= 4 is 11.8 Å². The molecule has 4 heteroatoms. The van der Waals surface area contributed by atoms with Gasteiger partial charge in [0.1, 0.15) is 22.7 Å². The van der Waals surface area contributed by atoms with Crippen molar-refractivity contribution in [2.75, 3.05) is 0 Å². The lowest BCUT2D eigenvalue weighted by Gasteiger charge is -2.20. The summed E-state index contributed by atoms with van der Waals surface area (Å²) in [4.78, 5) is 27.1. The maximum atomic E-state index is 13.7. The van der Waals surface area contributed by atoms with Gasteiger partial charge in [-0.25, -0.2) is 4.79 Å². The molecule has 0 atom stereocenters. The highest BCUT2D eigenvalue weighted by Gasteiger charge is 2.34. The molecule has 0 fully saturated rings. The lowest BCUT2D eigenvalue weighted by molar-refractivity contribution is 0.00685. The van der Waals surface area contributed by atoms with Crippen molar-refractivity contribution in [1.82, 2.24) is 0 Å². The van der Waals surface area contributed by atoms with Crippen LogP contribution in [0.3, 0.4) is 0 Å². The van der Waals surface area contributed by atoms with Crippen LogP contribution < -0.4 is 0 Å². The molecule has 4 rings (SSSR count). The van der Waals surface area contributed by atoms with Crippen molar-refractivity contribution in [2.45, 2.75) is 26.4 Å². The smallest absolute Gasteiger partial charge is 0.343 e. The Kier molecular flexibility index (Phi) is 5.78. The van der Waals surface area contributed by atoms with E-state index in [1.54, 1.807) is 45.0 Å². The molecule has 4 aromatic rings. The van der Waals surface area contributed by atoms with E-state index in [0.29, 0.717) is 28.2 Å². The Morgan fingerprint density at radius 2 is 1.09 bits per heavy atom. The number of esters is 1. The molecule has 0 bridgehead atoms. The SMILES string of the molecule is CC(C)(C)OC(=O)c1c(-c2ccccc2)oc(-c2ccccc2)c1C(=O)c1ccccc1. The van der Waals surface area contributed by atoms with E-state index in [-0.39, 0.29) is 16.9 Å². The molecule has 4 nitrogen and oxygen atoms in total. The summed E-state index contributed by atoms with van der Waals surface area (Å²) in [6, 6.07) is 27.5. The summed E-state index contributed by atoms with van der Waals surface area (Å²) in [5.41, 5.74) is 1.48. The number of hydrogen-bond donors (Lipinski definition) is 0. The molecule has 0 saturated heterocycles. The van der Waals surface area contributed by atoms with Crippen LogP contribution in [0.2, 0.25) is 0 Å². The second kappa shape index (κ2) is 8.67. The van der Waals surface area contributed by atoms with E-state index in [2.05, 4.69) is 0 Å². The highest BCUT2D eigenvalue weighted by atomic mass is 16.6. The molecule has 3 aromatic carbocycles. The summed E-state index contributed by atoms with van der Waals surface area (Å²) in [5, 5.41) is 0. The average Bonchev–Trinajstić information content (AvgIpc) is 3.20. The standard InChI is InChI=1S/C28H24O4/c1-28(2,3)32-27(30)23-22(24(29)19-13-7-4-8-14-19)25(20-15-9-5-10-16-20)31-26(23)21-17-11-6-12-18-21/h4-18H,1-3H3. The summed E-state index contributed by atoms with van der Waals surface area (Å²) >= 11 is 0. The first-order valence-electron chi connectivity index (χ1n) is 10.5. The summed E-state index contributed by atoms with van der Waals surface area (Å²) in [6.07, 6.45) is 0. The van der Waals surface area contributed by atoms with Crippen LogP contribution in [-0.2, 0) is 4.74 Å². The minimum Gasteiger partial charge on any atom is -0.456 e. The zero-order valence-corrected chi connectivity index (χ0v) is 18.3. The van der Waals surface area contributed by atoms with E-state index in [1.165, 1.54) is 0 Å². The Morgan fingerprint density at radius 1 is 0.656 bits per heavy atom. The highest BCUT2D eigenvalue weighted by Crippen LogP contribution is 2.39. The molecule has 0 radical (unpaired) electrons. The van der Waals surface area contributed by atoms with Gasteiger partial charge in [-0.3, -0.25) is 4.79 Å². The Balaban J connectivity index is 2.02. The van der Waals surface area contributed by atoms with Crippen LogP contribution in [0.5, 0.6) is 0 Å². The number of benzene rings is 3. The number of hydrogen-bond acceptors (Lipinski definition) is 4. The summed E-state index contributed by atoms with van der Waals surface area (Å²) in [5.74, 6) is -0.227. The quantitative estimate of drug-likeness (QED) is 0.261. The minimum atomic E-state index is -0.734. The first-order valence-corrected chi connectivity index (χ1v) is 10.5.